The number of carboxylic acids is 1. The average Bonchev–Trinajstić information content (AvgIpc) is 3.26. The number of ether oxygens (including phenoxy) is 7. The summed E-state index contributed by atoms with van der Waals surface area (Å²) in [6.45, 7) is 15.9. The molecule has 0 bridgehead atoms. The normalized spacial score (nSPS) is 50.8. The van der Waals surface area contributed by atoms with Gasteiger partial charge in [0.2, 0.25) is 6.29 Å². The molecule has 22 atom stereocenters. The van der Waals surface area contributed by atoms with Crippen molar-refractivity contribution in [2.45, 2.75) is 212 Å². The molecule has 0 aromatic rings. The Kier molecular flexibility index (Phi) is 14.0. The Morgan fingerprint density at radius 1 is 0.706 bits per heavy atom. The van der Waals surface area contributed by atoms with Crippen molar-refractivity contribution in [2.75, 3.05) is 13.2 Å². The van der Waals surface area contributed by atoms with E-state index in [1.54, 1.807) is 0 Å². The number of carbonyl (C=O) groups is 3. The molecule has 3 aliphatic heterocycles. The quantitative estimate of drug-likeness (QED) is 0.0897. The number of carbonyl (C=O) groups excluding carboxylic acids is 2. The SMILES string of the molecule is CC(=O)O[C@@H]1[C@@H](O)[C@H](O[C@H]2CC[C@@]3(C)C(CC[C@]4(C)C3CC=C3[C@@H]5CC(C)(C)CC[C@]5(C(=O)O[C@@H]5O[C@H](CO)[C@@H](O)[C@H](O)[C@H]5O)CC[C@]34C)C2(C)C)O[C@H](C(=O)O)[C@H]1O[C@@H]1OC[C@@H](O)[C@H](O)[C@H]1O. The van der Waals surface area contributed by atoms with Crippen LogP contribution in [-0.2, 0) is 47.5 Å². The predicted octanol–water partition coefficient (Wildman–Crippen LogP) is 1.44. The molecule has 19 heteroatoms. The number of aliphatic hydroxyl groups excluding tert-OH is 8. The lowest BCUT2D eigenvalue weighted by Crippen LogP contribution is -2.67. The van der Waals surface area contributed by atoms with Crippen molar-refractivity contribution < 1.29 is 93.5 Å². The number of allylic oxidation sites excluding steroid dienone is 2. The molecule has 7 fully saturated rings. The Labute approximate surface area is 397 Å². The van der Waals surface area contributed by atoms with Gasteiger partial charge in [-0.2, -0.15) is 0 Å². The highest BCUT2D eigenvalue weighted by molar-refractivity contribution is 5.79. The summed E-state index contributed by atoms with van der Waals surface area (Å²) < 4.78 is 40.9. The first-order valence-corrected chi connectivity index (χ1v) is 24.6. The van der Waals surface area contributed by atoms with Gasteiger partial charge >= 0.3 is 17.9 Å². The van der Waals surface area contributed by atoms with Gasteiger partial charge in [0.25, 0.3) is 0 Å². The molecule has 8 aliphatic rings. The maximum absolute atomic E-state index is 14.7. The molecule has 8 rings (SSSR count). The molecule has 2 unspecified atom stereocenters. The van der Waals surface area contributed by atoms with Crippen molar-refractivity contribution in [1.82, 2.24) is 0 Å². The second-order valence-electron chi connectivity index (χ2n) is 23.6. The van der Waals surface area contributed by atoms with Crippen LogP contribution < -0.4 is 0 Å². The lowest BCUT2D eigenvalue weighted by molar-refractivity contribution is -0.355. The van der Waals surface area contributed by atoms with E-state index < -0.39 is 134 Å². The van der Waals surface area contributed by atoms with Gasteiger partial charge in [0.05, 0.1) is 24.7 Å². The molecule has 19 nitrogen and oxygen atoms in total. The van der Waals surface area contributed by atoms with Crippen LogP contribution in [0.15, 0.2) is 11.6 Å². The average molecular weight is 969 g/mol. The zero-order valence-electron chi connectivity index (χ0n) is 40.6. The summed E-state index contributed by atoms with van der Waals surface area (Å²) in [6, 6.07) is 0. The van der Waals surface area contributed by atoms with Crippen molar-refractivity contribution >= 4 is 17.9 Å². The Morgan fingerprint density at radius 2 is 1.38 bits per heavy atom. The Balaban J connectivity index is 1.03. The third-order valence-electron chi connectivity index (χ3n) is 19.2. The standard InChI is InChI=1S/C49H76O19/c1-22(51)63-36-35(58)42(67-38(39(59)60)37(36)66-40-33(56)30(53)25(52)21-62-40)65-29-12-13-46(6)27(45(29,4)5)11-14-48(8)28(46)10-9-23-24-19-44(2,3)15-17-49(24,18-16-47(23,48)7)43(61)68-41-34(57)32(55)31(54)26(20-50)64-41/h9,24-38,40-42,50,52-58H,10-21H2,1-8H3,(H,59,60)/t24-,25+,26+,27?,28?,29-,30-,31+,32-,33+,34+,35+,36+,37-,38-,40-,41-,42+,46-,47+,48+,49-/m0/s1. The minimum atomic E-state index is -1.87. The lowest BCUT2D eigenvalue weighted by Gasteiger charge is -2.71. The number of hydrogen-bond donors (Lipinski definition) is 9. The highest BCUT2D eigenvalue weighted by Crippen LogP contribution is 2.76. The molecule has 0 aromatic heterocycles. The Morgan fingerprint density at radius 3 is 2.04 bits per heavy atom. The first kappa shape index (κ1) is 52.0. The van der Waals surface area contributed by atoms with E-state index in [4.69, 9.17) is 33.2 Å². The zero-order valence-corrected chi connectivity index (χ0v) is 40.6. The molecule has 0 aromatic carbocycles. The number of aliphatic hydroxyl groups is 8. The summed E-state index contributed by atoms with van der Waals surface area (Å²) in [7, 11) is 0. The van der Waals surface area contributed by atoms with Crippen LogP contribution in [0.25, 0.3) is 0 Å². The number of esters is 2. The molecule has 5 aliphatic carbocycles. The van der Waals surface area contributed by atoms with Crippen LogP contribution in [0.4, 0.5) is 0 Å². The van der Waals surface area contributed by atoms with Crippen LogP contribution in [0.5, 0.6) is 0 Å². The summed E-state index contributed by atoms with van der Waals surface area (Å²) >= 11 is 0. The second kappa shape index (κ2) is 18.3. The topological polar surface area (TPSA) is 298 Å². The zero-order chi connectivity index (χ0) is 49.8. The number of rotatable bonds is 9. The number of fused-ring (bicyclic) bond motifs is 7. The van der Waals surface area contributed by atoms with Crippen LogP contribution in [0.2, 0.25) is 0 Å². The van der Waals surface area contributed by atoms with E-state index >= 15 is 0 Å². The minimum absolute atomic E-state index is 0.0763. The van der Waals surface area contributed by atoms with Crippen LogP contribution in [0, 0.1) is 50.2 Å². The van der Waals surface area contributed by atoms with Gasteiger partial charge in [-0.15, -0.1) is 0 Å². The van der Waals surface area contributed by atoms with Gasteiger partial charge in [0, 0.05) is 6.92 Å². The van der Waals surface area contributed by atoms with Crippen LogP contribution in [0.3, 0.4) is 0 Å². The van der Waals surface area contributed by atoms with Crippen molar-refractivity contribution in [3.63, 3.8) is 0 Å². The molecular formula is C49H76O19. The van der Waals surface area contributed by atoms with E-state index in [9.17, 15) is 60.3 Å². The minimum Gasteiger partial charge on any atom is -0.479 e. The van der Waals surface area contributed by atoms with Crippen molar-refractivity contribution in [2.24, 2.45) is 50.2 Å². The summed E-state index contributed by atoms with van der Waals surface area (Å²) in [6.07, 6.45) is -13.9. The van der Waals surface area contributed by atoms with Crippen LogP contribution in [-0.4, -0.2) is 169 Å². The fourth-order valence-corrected chi connectivity index (χ4v) is 15.0. The molecule has 0 amide bonds. The van der Waals surface area contributed by atoms with Gasteiger partial charge in [0.1, 0.15) is 54.9 Å². The first-order valence-electron chi connectivity index (χ1n) is 24.6. The number of aliphatic carboxylic acids is 1. The fraction of sp³-hybridized carbons (Fsp3) is 0.898. The second-order valence-corrected chi connectivity index (χ2v) is 23.6. The smallest absolute Gasteiger partial charge is 0.335 e. The van der Waals surface area contributed by atoms with E-state index in [0.717, 1.165) is 45.4 Å². The van der Waals surface area contributed by atoms with Crippen molar-refractivity contribution in [3.05, 3.63) is 11.6 Å². The third-order valence-corrected chi connectivity index (χ3v) is 19.2. The molecule has 386 valence electrons. The lowest BCUT2D eigenvalue weighted by atomic mass is 9.33. The maximum atomic E-state index is 14.7. The van der Waals surface area contributed by atoms with Gasteiger partial charge in [0.15, 0.2) is 24.8 Å². The first-order chi connectivity index (χ1) is 31.7. The molecule has 0 radical (unpaired) electrons. The molecule has 68 heavy (non-hydrogen) atoms. The summed E-state index contributed by atoms with van der Waals surface area (Å²) in [5.74, 6) is -2.71. The van der Waals surface area contributed by atoms with E-state index in [2.05, 4.69) is 54.5 Å². The Bertz CT molecular complexity index is 1940. The highest BCUT2D eigenvalue weighted by Gasteiger charge is 2.70. The molecule has 9 N–H and O–H groups in total. The van der Waals surface area contributed by atoms with Crippen LogP contribution in [0.1, 0.15) is 120 Å². The summed E-state index contributed by atoms with van der Waals surface area (Å²) in [4.78, 5) is 39.9. The van der Waals surface area contributed by atoms with E-state index in [1.807, 2.05) is 0 Å². The number of hydrogen-bond acceptors (Lipinski definition) is 18. The van der Waals surface area contributed by atoms with E-state index in [-0.39, 0.29) is 39.4 Å². The highest BCUT2D eigenvalue weighted by atomic mass is 16.8. The summed E-state index contributed by atoms with van der Waals surface area (Å²) in [5.41, 5.74) is -0.937. The van der Waals surface area contributed by atoms with Crippen molar-refractivity contribution in [1.29, 1.82) is 0 Å². The number of carboxylic acid groups (broad SMARTS) is 1. The molecule has 0 spiro atoms. The van der Waals surface area contributed by atoms with Crippen LogP contribution >= 0.6 is 0 Å². The van der Waals surface area contributed by atoms with Gasteiger partial charge in [-0.3, -0.25) is 9.59 Å². The largest absolute Gasteiger partial charge is 0.479 e. The van der Waals surface area contributed by atoms with E-state index in [1.165, 1.54) is 5.57 Å². The molecule has 3 heterocycles. The maximum Gasteiger partial charge on any atom is 0.335 e. The van der Waals surface area contributed by atoms with Gasteiger partial charge < -0.3 is 79.1 Å². The van der Waals surface area contributed by atoms with Gasteiger partial charge in [-0.1, -0.05) is 60.1 Å². The Hall–Kier alpha value is -2.37. The molecule has 4 saturated carbocycles. The molecule has 3 saturated heterocycles. The fourth-order valence-electron chi connectivity index (χ4n) is 15.0. The van der Waals surface area contributed by atoms with Gasteiger partial charge in [-0.25, -0.2) is 4.79 Å². The monoisotopic (exact) mass is 968 g/mol. The third kappa shape index (κ3) is 8.28. The van der Waals surface area contributed by atoms with Crippen molar-refractivity contribution in [3.8, 4) is 0 Å². The predicted molar refractivity (Wildman–Crippen MR) is 234 cm³/mol. The molecular weight excluding hydrogens is 893 g/mol. The van der Waals surface area contributed by atoms with E-state index in [0.29, 0.717) is 25.7 Å². The summed E-state index contributed by atoms with van der Waals surface area (Å²) in [5, 5.41) is 94.5. The van der Waals surface area contributed by atoms with Gasteiger partial charge in [-0.05, 0) is 109 Å².